The topological polar surface area (TPSA) is 67.3 Å². The molecule has 0 radical (unpaired) electrons. The lowest BCUT2D eigenvalue weighted by Crippen LogP contribution is -2.31. The molecule has 1 aromatic carbocycles. The van der Waals surface area contributed by atoms with Crippen LogP contribution in [0.1, 0.15) is 11.4 Å². The Bertz CT molecular complexity index is 865. The molecule has 0 aliphatic rings. The first-order valence-corrected chi connectivity index (χ1v) is 6.87. The number of aromatic hydroxyl groups is 1. The zero-order valence-corrected chi connectivity index (χ0v) is 11.7. The van der Waals surface area contributed by atoms with Gasteiger partial charge in [0, 0.05) is 21.1 Å². The fourth-order valence-corrected chi connectivity index (χ4v) is 3.25. The number of hydrogen-bond donors (Lipinski definition) is 1. The van der Waals surface area contributed by atoms with Crippen molar-refractivity contribution < 1.29 is 5.11 Å². The summed E-state index contributed by atoms with van der Waals surface area (Å²) in [6, 6.07) is 7.56. The highest BCUT2D eigenvalue weighted by Crippen LogP contribution is 2.36. The molecule has 0 fully saturated rings. The van der Waals surface area contributed by atoms with E-state index in [4.69, 9.17) is 0 Å². The molecule has 0 saturated heterocycles. The summed E-state index contributed by atoms with van der Waals surface area (Å²) in [5.74, 6) is -0.425. The van der Waals surface area contributed by atoms with Crippen molar-refractivity contribution in [3.05, 3.63) is 56.1 Å². The quantitative estimate of drug-likeness (QED) is 0.734. The zero-order chi connectivity index (χ0) is 14.4. The number of hydrogen-bond acceptors (Lipinski definition) is 5. The lowest BCUT2D eigenvalue weighted by Gasteiger charge is -2.03. The highest BCUT2D eigenvalue weighted by Gasteiger charge is 2.23. The van der Waals surface area contributed by atoms with E-state index in [0.29, 0.717) is 4.88 Å². The van der Waals surface area contributed by atoms with Gasteiger partial charge >= 0.3 is 0 Å². The second-order valence-corrected chi connectivity index (χ2v) is 5.77. The molecule has 0 aliphatic carbocycles. The summed E-state index contributed by atoms with van der Waals surface area (Å²) in [7, 11) is 0. The van der Waals surface area contributed by atoms with Crippen LogP contribution in [0, 0.1) is 13.8 Å². The van der Waals surface area contributed by atoms with E-state index in [0.717, 1.165) is 21.8 Å². The van der Waals surface area contributed by atoms with Crippen LogP contribution in [0.2, 0.25) is 0 Å². The van der Waals surface area contributed by atoms with Crippen LogP contribution >= 0.6 is 11.3 Å². The predicted molar refractivity (Wildman–Crippen MR) is 79.0 cm³/mol. The van der Waals surface area contributed by atoms with E-state index in [9.17, 15) is 14.7 Å². The Kier molecular flexibility index (Phi) is 2.79. The van der Waals surface area contributed by atoms with E-state index in [1.807, 2.05) is 32.0 Å². The van der Waals surface area contributed by atoms with Crippen molar-refractivity contribution >= 4 is 11.3 Å². The Hall–Kier alpha value is -2.27. The zero-order valence-electron chi connectivity index (χ0n) is 10.9. The molecular formula is C15H11NO3S. The largest absolute Gasteiger partial charge is 0.503 e. The van der Waals surface area contributed by atoms with Crippen LogP contribution in [-0.2, 0) is 0 Å². The second kappa shape index (κ2) is 4.38. The van der Waals surface area contributed by atoms with Crippen LogP contribution in [0.25, 0.3) is 20.9 Å². The van der Waals surface area contributed by atoms with Gasteiger partial charge in [-0.05, 0) is 43.7 Å². The number of aryl methyl sites for hydroxylation is 2. The fourth-order valence-electron chi connectivity index (χ4n) is 2.21. The molecule has 0 amide bonds. The van der Waals surface area contributed by atoms with Crippen molar-refractivity contribution in [1.82, 2.24) is 4.98 Å². The van der Waals surface area contributed by atoms with Crippen molar-refractivity contribution in [3.8, 4) is 26.6 Å². The maximum Gasteiger partial charge on any atom is 0.268 e. The summed E-state index contributed by atoms with van der Waals surface area (Å²) < 4.78 is 0. The minimum absolute atomic E-state index is 0.133. The third kappa shape index (κ3) is 1.87. The first-order chi connectivity index (χ1) is 9.47. The summed E-state index contributed by atoms with van der Waals surface area (Å²) in [6.07, 6.45) is 0. The molecule has 0 aliphatic heterocycles. The number of nitrogens with zero attached hydrogens (tertiary/aromatic N) is 1. The van der Waals surface area contributed by atoms with Gasteiger partial charge < -0.3 is 5.11 Å². The molecule has 2 heterocycles. The normalized spacial score (nSPS) is 11.1. The van der Waals surface area contributed by atoms with E-state index in [2.05, 4.69) is 4.98 Å². The van der Waals surface area contributed by atoms with E-state index >= 15 is 0 Å². The average Bonchev–Trinajstić information content (AvgIpc) is 2.86. The Balaban J connectivity index is 2.07. The Labute approximate surface area is 118 Å². The van der Waals surface area contributed by atoms with Crippen LogP contribution in [0.3, 0.4) is 0 Å². The minimum Gasteiger partial charge on any atom is -0.503 e. The number of aromatic nitrogens is 1. The van der Waals surface area contributed by atoms with Gasteiger partial charge in [0.1, 0.15) is 0 Å². The molecule has 1 N–H and O–H groups in total. The molecule has 0 atom stereocenters. The van der Waals surface area contributed by atoms with Gasteiger partial charge in [0.05, 0.1) is 5.56 Å². The maximum absolute atomic E-state index is 11.5. The predicted octanol–water partition coefficient (Wildman–Crippen LogP) is 2.40. The van der Waals surface area contributed by atoms with Crippen molar-refractivity contribution in [2.24, 2.45) is 0 Å². The van der Waals surface area contributed by atoms with Gasteiger partial charge in [-0.1, -0.05) is 0 Å². The molecule has 4 nitrogen and oxygen atoms in total. The molecule has 0 saturated carbocycles. The number of rotatable bonds is 2. The molecule has 100 valence electrons. The smallest absolute Gasteiger partial charge is 0.268 e. The van der Waals surface area contributed by atoms with Gasteiger partial charge in [-0.2, -0.15) is 0 Å². The van der Waals surface area contributed by atoms with Gasteiger partial charge in [0.25, 0.3) is 5.43 Å². The molecule has 5 heteroatoms. The SMILES string of the molecule is Cc1cc(-c2ccc(-c3c(O)c(=O)c3=O)s2)cc(C)n1. The summed E-state index contributed by atoms with van der Waals surface area (Å²) in [6.45, 7) is 3.85. The summed E-state index contributed by atoms with van der Waals surface area (Å²) >= 11 is 1.38. The van der Waals surface area contributed by atoms with Crippen LogP contribution in [-0.4, -0.2) is 10.1 Å². The Morgan fingerprint density at radius 3 is 2.20 bits per heavy atom. The number of pyridine rings is 1. The molecule has 20 heavy (non-hydrogen) atoms. The van der Waals surface area contributed by atoms with Gasteiger partial charge in [0.15, 0.2) is 5.75 Å². The van der Waals surface area contributed by atoms with Crippen LogP contribution in [0.15, 0.2) is 33.9 Å². The highest BCUT2D eigenvalue weighted by molar-refractivity contribution is 7.18. The third-order valence-corrected chi connectivity index (χ3v) is 4.26. The second-order valence-electron chi connectivity index (χ2n) is 4.68. The molecule has 0 bridgehead atoms. The molecule has 3 aromatic rings. The van der Waals surface area contributed by atoms with E-state index in [1.165, 1.54) is 11.3 Å². The van der Waals surface area contributed by atoms with Gasteiger partial charge in [0.2, 0.25) is 5.43 Å². The van der Waals surface area contributed by atoms with E-state index < -0.39 is 16.6 Å². The van der Waals surface area contributed by atoms with Crippen molar-refractivity contribution in [3.63, 3.8) is 0 Å². The van der Waals surface area contributed by atoms with Gasteiger partial charge in [-0.3, -0.25) is 14.6 Å². The summed E-state index contributed by atoms with van der Waals surface area (Å²) in [4.78, 5) is 28.4. The first-order valence-electron chi connectivity index (χ1n) is 6.05. The Morgan fingerprint density at radius 1 is 1.00 bits per heavy atom. The van der Waals surface area contributed by atoms with Crippen molar-refractivity contribution in [2.45, 2.75) is 13.8 Å². The summed E-state index contributed by atoms with van der Waals surface area (Å²) in [5.41, 5.74) is 1.58. The van der Waals surface area contributed by atoms with Crippen LogP contribution < -0.4 is 10.9 Å². The monoisotopic (exact) mass is 285 g/mol. The molecule has 0 spiro atoms. The number of thiophene rings is 1. The third-order valence-electron chi connectivity index (χ3n) is 3.10. The standard InChI is InChI=1S/C15H11NO3S/c1-7-5-9(6-8(2)16-7)10-3-4-11(20-10)12-13(17)15(19)14(12)18/h3-6,17H,1-2H3. The van der Waals surface area contributed by atoms with E-state index in [-0.39, 0.29) is 5.56 Å². The van der Waals surface area contributed by atoms with Gasteiger partial charge in [-0.15, -0.1) is 11.3 Å². The Morgan fingerprint density at radius 2 is 1.60 bits per heavy atom. The molecule has 0 unspecified atom stereocenters. The highest BCUT2D eigenvalue weighted by atomic mass is 32.1. The minimum atomic E-state index is -0.800. The lowest BCUT2D eigenvalue weighted by molar-refractivity contribution is 0.466. The summed E-state index contributed by atoms with van der Waals surface area (Å²) in [5, 5.41) is 9.47. The average molecular weight is 285 g/mol. The van der Waals surface area contributed by atoms with Gasteiger partial charge in [-0.25, -0.2) is 0 Å². The van der Waals surface area contributed by atoms with Crippen LogP contribution in [0.5, 0.6) is 5.75 Å². The maximum atomic E-state index is 11.5. The van der Waals surface area contributed by atoms with Crippen LogP contribution in [0.4, 0.5) is 0 Å². The van der Waals surface area contributed by atoms with E-state index in [1.54, 1.807) is 6.07 Å². The van der Waals surface area contributed by atoms with Crippen molar-refractivity contribution in [2.75, 3.05) is 0 Å². The van der Waals surface area contributed by atoms with Crippen molar-refractivity contribution in [1.29, 1.82) is 0 Å². The molecule has 2 aromatic heterocycles. The lowest BCUT2D eigenvalue weighted by atomic mass is 10.1. The molecule has 3 rings (SSSR count). The fraction of sp³-hybridized carbons (Fsp3) is 0.133. The molecular weight excluding hydrogens is 274 g/mol. The first kappa shape index (κ1) is 12.7.